The van der Waals surface area contributed by atoms with Crippen LogP contribution in [0, 0.1) is 6.92 Å². The summed E-state index contributed by atoms with van der Waals surface area (Å²) in [6.07, 6.45) is 3.70. The summed E-state index contributed by atoms with van der Waals surface area (Å²) in [6.45, 7) is 3.48. The Bertz CT molecular complexity index is 726. The molecular weight excluding hydrogens is 242 g/mol. The number of hydrogen-bond acceptors (Lipinski definition) is 3. The highest BCUT2D eigenvalue weighted by atomic mass is 16.3. The Morgan fingerprint density at radius 1 is 1.37 bits per heavy atom. The maximum atomic E-state index is 12.3. The maximum Gasteiger partial charge on any atom is 0.287 e. The van der Waals surface area contributed by atoms with E-state index < -0.39 is 5.91 Å². The van der Waals surface area contributed by atoms with Crippen LogP contribution in [0.4, 0.5) is 0 Å². The van der Waals surface area contributed by atoms with Crippen LogP contribution in [0.2, 0.25) is 0 Å². The van der Waals surface area contributed by atoms with E-state index in [1.807, 2.05) is 25.1 Å². The van der Waals surface area contributed by atoms with Gasteiger partial charge in [0, 0.05) is 18.2 Å². The summed E-state index contributed by atoms with van der Waals surface area (Å²) >= 11 is 0. The number of benzene rings is 1. The van der Waals surface area contributed by atoms with Crippen LogP contribution in [0.15, 0.2) is 33.5 Å². The maximum absolute atomic E-state index is 12.3. The van der Waals surface area contributed by atoms with E-state index in [1.54, 1.807) is 19.1 Å². The van der Waals surface area contributed by atoms with Gasteiger partial charge in [-0.15, -0.1) is 0 Å². The minimum Gasteiger partial charge on any atom is -0.450 e. The molecule has 0 aliphatic carbocycles. The first-order valence-corrected chi connectivity index (χ1v) is 6.01. The summed E-state index contributed by atoms with van der Waals surface area (Å²) < 4.78 is 5.65. The molecule has 2 aromatic rings. The lowest BCUT2D eigenvalue weighted by molar-refractivity contribution is 0.0935. The first-order chi connectivity index (χ1) is 9.10. The lowest BCUT2D eigenvalue weighted by Crippen LogP contribution is -2.22. The van der Waals surface area contributed by atoms with Gasteiger partial charge in [-0.25, -0.2) is 0 Å². The number of nitrogens with one attached hydrogen (secondary N) is 1. The molecule has 19 heavy (non-hydrogen) atoms. The fraction of sp³-hybridized carbons (Fsp3) is 0.200. The van der Waals surface area contributed by atoms with Crippen molar-refractivity contribution < 1.29 is 9.21 Å². The van der Waals surface area contributed by atoms with E-state index in [4.69, 9.17) is 4.42 Å². The fourth-order valence-corrected chi connectivity index (χ4v) is 1.97. The number of allylic oxidation sites excluding steroid dienone is 1. The highest BCUT2D eigenvalue weighted by Crippen LogP contribution is 2.20. The molecule has 0 fully saturated rings. The Hall–Kier alpha value is -2.36. The average molecular weight is 257 g/mol. The molecular formula is C15H15NO3. The van der Waals surface area contributed by atoms with Crippen molar-refractivity contribution in [2.75, 3.05) is 7.05 Å². The van der Waals surface area contributed by atoms with Crippen molar-refractivity contribution in [2.45, 2.75) is 13.8 Å². The number of amides is 1. The molecule has 0 saturated heterocycles. The Morgan fingerprint density at radius 2 is 2.11 bits per heavy atom. The zero-order valence-electron chi connectivity index (χ0n) is 11.1. The quantitative estimate of drug-likeness (QED) is 0.899. The number of para-hydroxylation sites is 1. The van der Waals surface area contributed by atoms with E-state index in [1.165, 1.54) is 7.05 Å². The van der Waals surface area contributed by atoms with Gasteiger partial charge in [0.05, 0.1) is 5.39 Å². The molecule has 0 aliphatic rings. The number of rotatable bonds is 2. The van der Waals surface area contributed by atoms with Gasteiger partial charge in [0.1, 0.15) is 5.58 Å². The SMILES string of the molecule is C/C=C\c1cccc2c(=O)c(C)c(C(=O)NC)oc12. The lowest BCUT2D eigenvalue weighted by Gasteiger charge is -2.07. The Kier molecular flexibility index (Phi) is 3.51. The first kappa shape index (κ1) is 13.1. The minimum atomic E-state index is -0.396. The van der Waals surface area contributed by atoms with Gasteiger partial charge in [-0.05, 0) is 19.9 Å². The van der Waals surface area contributed by atoms with Crippen LogP contribution >= 0.6 is 0 Å². The Balaban J connectivity index is 2.89. The zero-order valence-corrected chi connectivity index (χ0v) is 11.1. The minimum absolute atomic E-state index is 0.0666. The van der Waals surface area contributed by atoms with Crippen LogP contribution in [-0.4, -0.2) is 13.0 Å². The van der Waals surface area contributed by atoms with Crippen molar-refractivity contribution in [1.82, 2.24) is 5.32 Å². The summed E-state index contributed by atoms with van der Waals surface area (Å²) in [5.74, 6) is -0.330. The average Bonchev–Trinajstić information content (AvgIpc) is 2.42. The van der Waals surface area contributed by atoms with E-state index in [2.05, 4.69) is 5.32 Å². The predicted octanol–water partition coefficient (Wildman–Crippen LogP) is 2.49. The summed E-state index contributed by atoms with van der Waals surface area (Å²) in [6, 6.07) is 5.34. The molecule has 1 aromatic carbocycles. The third kappa shape index (κ3) is 2.17. The van der Waals surface area contributed by atoms with E-state index >= 15 is 0 Å². The molecule has 1 N–H and O–H groups in total. The van der Waals surface area contributed by atoms with Crippen LogP contribution in [-0.2, 0) is 0 Å². The highest BCUT2D eigenvalue weighted by molar-refractivity contribution is 5.95. The predicted molar refractivity (Wildman–Crippen MR) is 75.3 cm³/mol. The molecule has 0 unspecified atom stereocenters. The van der Waals surface area contributed by atoms with Gasteiger partial charge in [-0.1, -0.05) is 24.3 Å². The second-order valence-corrected chi connectivity index (χ2v) is 4.19. The second kappa shape index (κ2) is 5.10. The zero-order chi connectivity index (χ0) is 14.0. The summed E-state index contributed by atoms with van der Waals surface area (Å²) in [7, 11) is 1.50. The number of fused-ring (bicyclic) bond motifs is 1. The molecule has 4 heteroatoms. The van der Waals surface area contributed by atoms with Gasteiger partial charge in [0.2, 0.25) is 0 Å². The van der Waals surface area contributed by atoms with Crippen LogP contribution in [0.1, 0.15) is 28.6 Å². The molecule has 1 heterocycles. The summed E-state index contributed by atoms with van der Waals surface area (Å²) in [5.41, 5.74) is 1.37. The van der Waals surface area contributed by atoms with Gasteiger partial charge in [0.15, 0.2) is 11.2 Å². The van der Waals surface area contributed by atoms with Gasteiger partial charge >= 0.3 is 0 Å². The molecule has 0 atom stereocenters. The van der Waals surface area contributed by atoms with Crippen molar-refractivity contribution >= 4 is 23.0 Å². The smallest absolute Gasteiger partial charge is 0.287 e. The number of hydrogen-bond donors (Lipinski definition) is 1. The topological polar surface area (TPSA) is 59.3 Å². The summed E-state index contributed by atoms with van der Waals surface area (Å²) in [5, 5.41) is 2.96. The lowest BCUT2D eigenvalue weighted by atomic mass is 10.1. The molecule has 98 valence electrons. The molecule has 2 rings (SSSR count). The number of carbonyl (C=O) groups excluding carboxylic acids is 1. The van der Waals surface area contributed by atoms with E-state index in [9.17, 15) is 9.59 Å². The molecule has 1 aromatic heterocycles. The Morgan fingerprint density at radius 3 is 2.74 bits per heavy atom. The van der Waals surface area contributed by atoms with Gasteiger partial charge in [0.25, 0.3) is 5.91 Å². The normalized spacial score (nSPS) is 11.1. The molecule has 0 spiro atoms. The first-order valence-electron chi connectivity index (χ1n) is 6.01. The van der Waals surface area contributed by atoms with Gasteiger partial charge in [-0.3, -0.25) is 9.59 Å². The molecule has 0 radical (unpaired) electrons. The molecule has 0 bridgehead atoms. The third-order valence-corrected chi connectivity index (χ3v) is 2.95. The van der Waals surface area contributed by atoms with Crippen LogP contribution in [0.3, 0.4) is 0 Å². The van der Waals surface area contributed by atoms with Crippen LogP contribution in [0.5, 0.6) is 0 Å². The monoisotopic (exact) mass is 257 g/mol. The van der Waals surface area contributed by atoms with Gasteiger partial charge < -0.3 is 9.73 Å². The van der Waals surface area contributed by atoms with Crippen molar-refractivity contribution in [3.8, 4) is 0 Å². The van der Waals surface area contributed by atoms with Crippen LogP contribution < -0.4 is 10.7 Å². The van der Waals surface area contributed by atoms with Crippen molar-refractivity contribution in [1.29, 1.82) is 0 Å². The molecule has 1 amide bonds. The molecule has 0 saturated carbocycles. The van der Waals surface area contributed by atoms with E-state index in [0.717, 1.165) is 5.56 Å². The molecule has 4 nitrogen and oxygen atoms in total. The number of carbonyl (C=O) groups is 1. The molecule has 0 aliphatic heterocycles. The van der Waals surface area contributed by atoms with Crippen LogP contribution in [0.25, 0.3) is 17.0 Å². The van der Waals surface area contributed by atoms with Crippen molar-refractivity contribution in [3.63, 3.8) is 0 Å². The van der Waals surface area contributed by atoms with Gasteiger partial charge in [-0.2, -0.15) is 0 Å². The van der Waals surface area contributed by atoms with Crippen molar-refractivity contribution in [2.24, 2.45) is 0 Å². The van der Waals surface area contributed by atoms with E-state index in [-0.39, 0.29) is 11.2 Å². The van der Waals surface area contributed by atoms with E-state index in [0.29, 0.717) is 16.5 Å². The second-order valence-electron chi connectivity index (χ2n) is 4.19. The third-order valence-electron chi connectivity index (χ3n) is 2.95. The van der Waals surface area contributed by atoms with Crippen molar-refractivity contribution in [3.05, 3.63) is 51.4 Å². The highest BCUT2D eigenvalue weighted by Gasteiger charge is 2.17. The summed E-state index contributed by atoms with van der Waals surface area (Å²) in [4.78, 5) is 24.0. The fourth-order valence-electron chi connectivity index (χ4n) is 1.97. The largest absolute Gasteiger partial charge is 0.450 e. The Labute approximate surface area is 110 Å². The standard InChI is InChI=1S/C15H15NO3/c1-4-6-10-7-5-8-11-12(17)9(2)13(15(18)16-3)19-14(10)11/h4-8H,1-3H3,(H,16,18)/b6-4-.